The van der Waals surface area contributed by atoms with Gasteiger partial charge in [-0.3, -0.25) is 0 Å². The van der Waals surface area contributed by atoms with Crippen LogP contribution >= 0.6 is 11.8 Å². The molecule has 5 heteroatoms. The highest BCUT2D eigenvalue weighted by molar-refractivity contribution is 8.04. The highest BCUT2D eigenvalue weighted by Crippen LogP contribution is 2.42. The summed E-state index contributed by atoms with van der Waals surface area (Å²) in [5.74, 6) is 1.08. The van der Waals surface area contributed by atoms with Crippen LogP contribution in [0.1, 0.15) is 25.5 Å². The number of rotatable bonds is 3. The van der Waals surface area contributed by atoms with E-state index < -0.39 is 0 Å². The number of allylic oxidation sites excluding steroid dienone is 1. The SMILES string of the molecule is COC(=O)C1=C(C)O[C@@H](c2ccc(OC)cc2)[C@H](C)S1. The van der Waals surface area contributed by atoms with Gasteiger partial charge in [-0.1, -0.05) is 12.1 Å². The fourth-order valence-electron chi connectivity index (χ4n) is 2.09. The Morgan fingerprint density at radius 3 is 2.45 bits per heavy atom. The van der Waals surface area contributed by atoms with Crippen LogP contribution in [-0.2, 0) is 14.3 Å². The number of carbonyl (C=O) groups excluding carboxylic acids is 1. The molecule has 4 nitrogen and oxygen atoms in total. The minimum atomic E-state index is -0.340. The minimum absolute atomic E-state index is 0.0840. The maximum absolute atomic E-state index is 11.7. The molecule has 0 saturated carbocycles. The van der Waals surface area contributed by atoms with Gasteiger partial charge >= 0.3 is 5.97 Å². The first-order valence-electron chi connectivity index (χ1n) is 6.33. The number of methoxy groups -OCH3 is 2. The van der Waals surface area contributed by atoms with Crippen molar-refractivity contribution in [2.75, 3.05) is 14.2 Å². The zero-order valence-corrected chi connectivity index (χ0v) is 12.8. The Kier molecular flexibility index (Phi) is 4.60. The molecule has 2 atom stereocenters. The minimum Gasteiger partial charge on any atom is -0.497 e. The van der Waals surface area contributed by atoms with E-state index in [-0.39, 0.29) is 17.3 Å². The van der Waals surface area contributed by atoms with E-state index in [2.05, 4.69) is 0 Å². The van der Waals surface area contributed by atoms with Gasteiger partial charge in [0.2, 0.25) is 0 Å². The largest absolute Gasteiger partial charge is 0.497 e. The monoisotopic (exact) mass is 294 g/mol. The second kappa shape index (κ2) is 6.22. The summed E-state index contributed by atoms with van der Waals surface area (Å²) in [6.45, 7) is 3.83. The van der Waals surface area contributed by atoms with Gasteiger partial charge in [0.1, 0.15) is 22.5 Å². The van der Waals surface area contributed by atoms with E-state index in [0.29, 0.717) is 10.7 Å². The average molecular weight is 294 g/mol. The van der Waals surface area contributed by atoms with Crippen LogP contribution in [0, 0.1) is 0 Å². The molecule has 1 aromatic carbocycles. The number of esters is 1. The maximum Gasteiger partial charge on any atom is 0.347 e. The van der Waals surface area contributed by atoms with Gasteiger partial charge < -0.3 is 14.2 Å². The van der Waals surface area contributed by atoms with Crippen LogP contribution < -0.4 is 4.74 Å². The zero-order valence-electron chi connectivity index (χ0n) is 12.0. The van der Waals surface area contributed by atoms with Gasteiger partial charge in [-0.05, 0) is 31.5 Å². The van der Waals surface area contributed by atoms with Crippen molar-refractivity contribution in [3.63, 3.8) is 0 Å². The molecule has 1 heterocycles. The van der Waals surface area contributed by atoms with Crippen LogP contribution in [0.25, 0.3) is 0 Å². The third kappa shape index (κ3) is 2.93. The summed E-state index contributed by atoms with van der Waals surface area (Å²) in [6.07, 6.45) is -0.0840. The highest BCUT2D eigenvalue weighted by Gasteiger charge is 2.32. The topological polar surface area (TPSA) is 44.8 Å². The predicted molar refractivity (Wildman–Crippen MR) is 78.6 cm³/mol. The summed E-state index contributed by atoms with van der Waals surface area (Å²) in [6, 6.07) is 7.78. The molecule has 0 unspecified atom stereocenters. The molecule has 0 N–H and O–H groups in total. The Balaban J connectivity index is 2.22. The fraction of sp³-hybridized carbons (Fsp3) is 0.400. The molecular formula is C15H18O4S. The van der Waals surface area contributed by atoms with Crippen LogP contribution in [0.2, 0.25) is 0 Å². The smallest absolute Gasteiger partial charge is 0.347 e. The van der Waals surface area contributed by atoms with Crippen molar-refractivity contribution in [1.29, 1.82) is 0 Å². The Hall–Kier alpha value is -1.62. The third-order valence-electron chi connectivity index (χ3n) is 3.17. The average Bonchev–Trinajstić information content (AvgIpc) is 2.48. The van der Waals surface area contributed by atoms with Crippen molar-refractivity contribution in [3.8, 4) is 5.75 Å². The molecule has 0 bridgehead atoms. The highest BCUT2D eigenvalue weighted by atomic mass is 32.2. The Morgan fingerprint density at radius 1 is 1.25 bits per heavy atom. The van der Waals surface area contributed by atoms with Gasteiger partial charge in [0, 0.05) is 5.25 Å². The first-order chi connectivity index (χ1) is 9.56. The van der Waals surface area contributed by atoms with Crippen LogP contribution in [0.5, 0.6) is 5.75 Å². The molecule has 0 aromatic heterocycles. The molecule has 0 radical (unpaired) electrons. The van der Waals surface area contributed by atoms with Gasteiger partial charge in [-0.25, -0.2) is 4.79 Å². The van der Waals surface area contributed by atoms with Crippen molar-refractivity contribution >= 4 is 17.7 Å². The van der Waals surface area contributed by atoms with Gasteiger partial charge in [-0.2, -0.15) is 0 Å². The van der Waals surface area contributed by atoms with Gasteiger partial charge in [0.15, 0.2) is 0 Å². The van der Waals surface area contributed by atoms with Gasteiger partial charge in [0.05, 0.1) is 14.2 Å². The maximum atomic E-state index is 11.7. The molecule has 108 valence electrons. The lowest BCUT2D eigenvalue weighted by molar-refractivity contribution is -0.135. The summed E-state index contributed by atoms with van der Waals surface area (Å²) in [4.78, 5) is 12.2. The number of ether oxygens (including phenoxy) is 3. The Morgan fingerprint density at radius 2 is 1.90 bits per heavy atom. The predicted octanol–water partition coefficient (Wildman–Crippen LogP) is 3.29. The second-order valence-electron chi connectivity index (χ2n) is 4.51. The van der Waals surface area contributed by atoms with Crippen molar-refractivity contribution in [3.05, 3.63) is 40.5 Å². The van der Waals surface area contributed by atoms with Crippen molar-refractivity contribution in [2.45, 2.75) is 25.2 Å². The van der Waals surface area contributed by atoms with Crippen molar-refractivity contribution in [2.24, 2.45) is 0 Å². The first-order valence-corrected chi connectivity index (χ1v) is 7.21. The molecular weight excluding hydrogens is 276 g/mol. The number of thioether (sulfide) groups is 1. The van der Waals surface area contributed by atoms with E-state index in [4.69, 9.17) is 14.2 Å². The Labute approximate surface area is 123 Å². The Bertz CT molecular complexity index is 521. The first kappa shape index (κ1) is 14.8. The number of hydrogen-bond donors (Lipinski definition) is 0. The van der Waals surface area contributed by atoms with Gasteiger partial charge in [0.25, 0.3) is 0 Å². The van der Waals surface area contributed by atoms with E-state index in [1.54, 1.807) is 14.0 Å². The summed E-state index contributed by atoms with van der Waals surface area (Å²) in [5.41, 5.74) is 1.06. The lowest BCUT2D eigenvalue weighted by atomic mass is 10.1. The molecule has 0 amide bonds. The van der Waals surface area contributed by atoms with Crippen molar-refractivity contribution in [1.82, 2.24) is 0 Å². The van der Waals surface area contributed by atoms with E-state index in [1.165, 1.54) is 18.9 Å². The zero-order chi connectivity index (χ0) is 14.7. The summed E-state index contributed by atoms with van der Waals surface area (Å²) < 4.78 is 15.8. The molecule has 0 spiro atoms. The molecule has 20 heavy (non-hydrogen) atoms. The lowest BCUT2D eigenvalue weighted by Crippen LogP contribution is -2.23. The standard InChI is InChI=1S/C15H18O4S/c1-9-14(15(16)18-4)20-10(2)13(19-9)11-5-7-12(17-3)8-6-11/h5-8,10,13H,1-4H3/t10-,13+/m0/s1. The van der Waals surface area contributed by atoms with E-state index in [0.717, 1.165) is 11.3 Å². The van der Waals surface area contributed by atoms with E-state index in [9.17, 15) is 4.79 Å². The number of carbonyl (C=O) groups is 1. The van der Waals surface area contributed by atoms with E-state index in [1.807, 2.05) is 31.2 Å². The van der Waals surface area contributed by atoms with Crippen LogP contribution in [0.3, 0.4) is 0 Å². The lowest BCUT2D eigenvalue weighted by Gasteiger charge is -2.31. The molecule has 1 aliphatic heterocycles. The van der Waals surface area contributed by atoms with Gasteiger partial charge in [-0.15, -0.1) is 11.8 Å². The quantitative estimate of drug-likeness (QED) is 0.800. The van der Waals surface area contributed by atoms with Crippen LogP contribution in [0.4, 0.5) is 0 Å². The number of hydrogen-bond acceptors (Lipinski definition) is 5. The molecule has 2 rings (SSSR count). The van der Waals surface area contributed by atoms with Crippen LogP contribution in [0.15, 0.2) is 34.9 Å². The second-order valence-corrected chi connectivity index (χ2v) is 5.90. The molecule has 1 aliphatic rings. The summed E-state index contributed by atoms with van der Waals surface area (Å²) in [5, 5.41) is 0.126. The molecule has 0 fully saturated rings. The molecule has 0 aliphatic carbocycles. The van der Waals surface area contributed by atoms with E-state index >= 15 is 0 Å². The normalized spacial score (nSPS) is 22.2. The van der Waals surface area contributed by atoms with Crippen molar-refractivity contribution < 1.29 is 19.0 Å². The summed E-state index contributed by atoms with van der Waals surface area (Å²) in [7, 11) is 3.02. The third-order valence-corrected chi connectivity index (χ3v) is 4.48. The molecule has 0 saturated heterocycles. The fourth-order valence-corrected chi connectivity index (χ4v) is 3.19. The number of benzene rings is 1. The molecule has 1 aromatic rings. The van der Waals surface area contributed by atoms with Crippen LogP contribution in [-0.4, -0.2) is 25.4 Å². The summed E-state index contributed by atoms with van der Waals surface area (Å²) >= 11 is 1.49.